The largest absolute Gasteiger partial charge is 0.506 e. The molecule has 1 aromatic carbocycles. The van der Waals surface area contributed by atoms with E-state index in [-0.39, 0.29) is 0 Å². The summed E-state index contributed by atoms with van der Waals surface area (Å²) in [4.78, 5) is 0. The molecule has 0 saturated heterocycles. The average molecular weight is 214 g/mol. The molecule has 0 aromatic heterocycles. The molecule has 0 aliphatic carbocycles. The van der Waals surface area contributed by atoms with Crippen LogP contribution >= 0.6 is 15.9 Å². The van der Waals surface area contributed by atoms with Gasteiger partial charge >= 0.3 is 0 Å². The van der Waals surface area contributed by atoms with Crippen LogP contribution < -0.4 is 5.32 Å². The van der Waals surface area contributed by atoms with E-state index in [1.165, 1.54) is 5.56 Å². The molecule has 0 bridgehead atoms. The van der Waals surface area contributed by atoms with Gasteiger partial charge in [0.05, 0.1) is 4.47 Å². The SMILES string of the molecule is Oc1c(Br)ccc2c1CNC2. The molecule has 3 heteroatoms. The minimum absolute atomic E-state index is 0.382. The van der Waals surface area contributed by atoms with Crippen molar-refractivity contribution in [1.29, 1.82) is 0 Å². The number of phenols is 1. The Hall–Kier alpha value is -0.540. The Morgan fingerprint density at radius 3 is 3.00 bits per heavy atom. The molecular formula is C8H8BrNO. The lowest BCUT2D eigenvalue weighted by atomic mass is 10.1. The molecule has 0 unspecified atom stereocenters. The van der Waals surface area contributed by atoms with Crippen molar-refractivity contribution in [3.8, 4) is 5.75 Å². The number of rotatable bonds is 0. The van der Waals surface area contributed by atoms with Gasteiger partial charge in [0.2, 0.25) is 0 Å². The molecular weight excluding hydrogens is 206 g/mol. The van der Waals surface area contributed by atoms with Crippen LogP contribution in [-0.2, 0) is 13.1 Å². The Balaban J connectivity index is 2.62. The minimum atomic E-state index is 0.382. The highest BCUT2D eigenvalue weighted by Gasteiger charge is 2.15. The number of phenolic OH excluding ortho intramolecular Hbond substituents is 1. The van der Waals surface area contributed by atoms with E-state index in [2.05, 4.69) is 21.2 Å². The Kier molecular flexibility index (Phi) is 1.62. The summed E-state index contributed by atoms with van der Waals surface area (Å²) in [5.41, 5.74) is 2.23. The molecule has 0 spiro atoms. The van der Waals surface area contributed by atoms with E-state index in [0.29, 0.717) is 5.75 Å². The molecule has 11 heavy (non-hydrogen) atoms. The van der Waals surface area contributed by atoms with Gasteiger partial charge in [0, 0.05) is 18.7 Å². The lowest BCUT2D eigenvalue weighted by molar-refractivity contribution is 0.465. The van der Waals surface area contributed by atoms with Crippen LogP contribution in [0.3, 0.4) is 0 Å². The van der Waals surface area contributed by atoms with Crippen LogP contribution in [0.2, 0.25) is 0 Å². The van der Waals surface area contributed by atoms with Gasteiger partial charge in [-0.15, -0.1) is 0 Å². The van der Waals surface area contributed by atoms with Crippen molar-refractivity contribution >= 4 is 15.9 Å². The van der Waals surface area contributed by atoms with Gasteiger partial charge in [-0.25, -0.2) is 0 Å². The molecule has 2 rings (SSSR count). The summed E-state index contributed by atoms with van der Waals surface area (Å²) in [6.45, 7) is 1.65. The topological polar surface area (TPSA) is 32.3 Å². The molecule has 1 aliphatic rings. The first kappa shape index (κ1) is 7.13. The standard InChI is InChI=1S/C8H8BrNO/c9-7-2-1-5-3-10-4-6(5)8(7)11/h1-2,10-11H,3-4H2. The molecule has 0 amide bonds. The van der Waals surface area contributed by atoms with Crippen LogP contribution in [0.4, 0.5) is 0 Å². The van der Waals surface area contributed by atoms with Crippen LogP contribution in [0.1, 0.15) is 11.1 Å². The third-order valence-corrected chi connectivity index (χ3v) is 2.59. The summed E-state index contributed by atoms with van der Waals surface area (Å²) < 4.78 is 0.778. The van der Waals surface area contributed by atoms with Crippen molar-refractivity contribution in [2.24, 2.45) is 0 Å². The maximum absolute atomic E-state index is 9.53. The van der Waals surface area contributed by atoms with E-state index >= 15 is 0 Å². The van der Waals surface area contributed by atoms with Gasteiger partial charge < -0.3 is 10.4 Å². The summed E-state index contributed by atoms with van der Waals surface area (Å²) in [5, 5.41) is 12.7. The molecule has 2 N–H and O–H groups in total. The zero-order valence-corrected chi connectivity index (χ0v) is 7.48. The zero-order chi connectivity index (χ0) is 7.84. The Labute approximate surface area is 73.4 Å². The highest BCUT2D eigenvalue weighted by molar-refractivity contribution is 9.10. The highest BCUT2D eigenvalue weighted by atomic mass is 79.9. The summed E-state index contributed by atoms with van der Waals surface area (Å²) in [6, 6.07) is 3.90. The number of aromatic hydroxyl groups is 1. The van der Waals surface area contributed by atoms with Crippen LogP contribution in [0.15, 0.2) is 16.6 Å². The van der Waals surface area contributed by atoms with Crippen molar-refractivity contribution in [2.75, 3.05) is 0 Å². The number of hydrogen-bond acceptors (Lipinski definition) is 2. The first-order valence-corrected chi connectivity index (χ1v) is 4.28. The maximum atomic E-state index is 9.53. The number of nitrogens with one attached hydrogen (secondary N) is 1. The number of hydrogen-bond donors (Lipinski definition) is 2. The number of fused-ring (bicyclic) bond motifs is 1. The van der Waals surface area contributed by atoms with Gasteiger partial charge in [-0.2, -0.15) is 0 Å². The third-order valence-electron chi connectivity index (χ3n) is 1.95. The lowest BCUT2D eigenvalue weighted by Gasteiger charge is -2.02. The molecule has 1 aromatic rings. The number of benzene rings is 1. The predicted octanol–water partition coefficient (Wildman–Crippen LogP) is 1.76. The maximum Gasteiger partial charge on any atom is 0.134 e. The molecule has 2 nitrogen and oxygen atoms in total. The van der Waals surface area contributed by atoms with E-state index in [1.54, 1.807) is 0 Å². The van der Waals surface area contributed by atoms with Gasteiger partial charge in [-0.05, 0) is 27.6 Å². The van der Waals surface area contributed by atoms with Crippen LogP contribution in [-0.4, -0.2) is 5.11 Å². The second-order valence-corrected chi connectivity index (χ2v) is 3.49. The van der Waals surface area contributed by atoms with Crippen molar-refractivity contribution in [1.82, 2.24) is 5.32 Å². The second kappa shape index (κ2) is 2.50. The van der Waals surface area contributed by atoms with E-state index in [9.17, 15) is 5.11 Å². The van der Waals surface area contributed by atoms with Gasteiger partial charge in [-0.1, -0.05) is 6.07 Å². The summed E-state index contributed by atoms with van der Waals surface area (Å²) in [5.74, 6) is 0.382. The summed E-state index contributed by atoms with van der Waals surface area (Å²) in [6.07, 6.45) is 0. The summed E-state index contributed by atoms with van der Waals surface area (Å²) in [7, 11) is 0. The van der Waals surface area contributed by atoms with E-state index < -0.39 is 0 Å². The molecule has 58 valence electrons. The van der Waals surface area contributed by atoms with E-state index in [4.69, 9.17) is 0 Å². The average Bonchev–Trinajstić information content (AvgIpc) is 2.45. The van der Waals surface area contributed by atoms with Gasteiger partial charge in [0.25, 0.3) is 0 Å². The predicted molar refractivity (Wildman–Crippen MR) is 46.4 cm³/mol. The molecule has 0 saturated carbocycles. The smallest absolute Gasteiger partial charge is 0.134 e. The molecule has 0 atom stereocenters. The van der Waals surface area contributed by atoms with Gasteiger partial charge in [-0.3, -0.25) is 0 Å². The number of halogens is 1. The molecule has 0 fully saturated rings. The van der Waals surface area contributed by atoms with Crippen molar-refractivity contribution in [3.63, 3.8) is 0 Å². The Bertz CT molecular complexity index is 298. The molecule has 1 heterocycles. The fourth-order valence-corrected chi connectivity index (χ4v) is 1.71. The Morgan fingerprint density at radius 1 is 1.36 bits per heavy atom. The fourth-order valence-electron chi connectivity index (χ4n) is 1.33. The monoisotopic (exact) mass is 213 g/mol. The van der Waals surface area contributed by atoms with Crippen molar-refractivity contribution < 1.29 is 5.11 Å². The lowest BCUT2D eigenvalue weighted by Crippen LogP contribution is -1.99. The van der Waals surface area contributed by atoms with Crippen LogP contribution in [0.5, 0.6) is 5.75 Å². The fraction of sp³-hybridized carbons (Fsp3) is 0.250. The van der Waals surface area contributed by atoms with E-state index in [1.807, 2.05) is 12.1 Å². The summed E-state index contributed by atoms with van der Waals surface area (Å²) >= 11 is 3.27. The van der Waals surface area contributed by atoms with Crippen LogP contribution in [0, 0.1) is 0 Å². The first-order chi connectivity index (χ1) is 5.29. The third kappa shape index (κ3) is 1.04. The quantitative estimate of drug-likeness (QED) is 0.689. The second-order valence-electron chi connectivity index (χ2n) is 2.64. The normalized spacial score (nSPS) is 15.0. The van der Waals surface area contributed by atoms with Crippen LogP contribution in [0.25, 0.3) is 0 Å². The van der Waals surface area contributed by atoms with E-state index in [0.717, 1.165) is 23.1 Å². The van der Waals surface area contributed by atoms with Gasteiger partial charge in [0.1, 0.15) is 5.75 Å². The molecule has 1 aliphatic heterocycles. The van der Waals surface area contributed by atoms with Gasteiger partial charge in [0.15, 0.2) is 0 Å². The minimum Gasteiger partial charge on any atom is -0.506 e. The Morgan fingerprint density at radius 2 is 2.18 bits per heavy atom. The van der Waals surface area contributed by atoms with Crippen molar-refractivity contribution in [2.45, 2.75) is 13.1 Å². The van der Waals surface area contributed by atoms with Crippen molar-refractivity contribution in [3.05, 3.63) is 27.7 Å². The first-order valence-electron chi connectivity index (χ1n) is 3.49. The molecule has 0 radical (unpaired) electrons. The highest BCUT2D eigenvalue weighted by Crippen LogP contribution is 2.32. The zero-order valence-electron chi connectivity index (χ0n) is 5.89.